The highest BCUT2D eigenvalue weighted by atomic mass is 16.5. The first-order valence-corrected chi connectivity index (χ1v) is 8.08. The Morgan fingerprint density at radius 3 is 2.35 bits per heavy atom. The average Bonchev–Trinajstić information content (AvgIpc) is 2.49. The first-order valence-electron chi connectivity index (χ1n) is 8.08. The van der Waals surface area contributed by atoms with Crippen LogP contribution in [0, 0.1) is 17.8 Å². The molecule has 0 amide bonds. The summed E-state index contributed by atoms with van der Waals surface area (Å²) in [5, 5.41) is 9.89. The maximum absolute atomic E-state index is 11.4. The molecular weight excluding hydrogens is 254 g/mol. The Morgan fingerprint density at radius 1 is 1.20 bits per heavy atom. The number of rotatable bonds is 4. The van der Waals surface area contributed by atoms with Crippen molar-refractivity contribution in [2.45, 2.75) is 51.6 Å². The van der Waals surface area contributed by atoms with Crippen LogP contribution in [0.15, 0.2) is 0 Å². The number of piperidine rings is 1. The number of ether oxygens (including phenoxy) is 1. The van der Waals surface area contributed by atoms with Crippen molar-refractivity contribution in [3.05, 3.63) is 0 Å². The van der Waals surface area contributed by atoms with E-state index in [0.29, 0.717) is 0 Å². The Balaban J connectivity index is 1.70. The van der Waals surface area contributed by atoms with Crippen molar-refractivity contribution in [3.8, 4) is 0 Å². The maximum atomic E-state index is 11.4. The number of likely N-dealkylation sites (tertiary alicyclic amines) is 1. The third-order valence-electron chi connectivity index (χ3n) is 5.17. The first kappa shape index (κ1) is 15.8. The predicted molar refractivity (Wildman–Crippen MR) is 78.3 cm³/mol. The minimum absolute atomic E-state index is 0.0741. The number of carbonyl (C=O) groups is 1. The van der Waals surface area contributed by atoms with Gasteiger partial charge < -0.3 is 14.7 Å². The van der Waals surface area contributed by atoms with Crippen LogP contribution in [0.4, 0.5) is 0 Å². The van der Waals surface area contributed by atoms with Crippen LogP contribution in [-0.4, -0.2) is 48.8 Å². The summed E-state index contributed by atoms with van der Waals surface area (Å²) in [5.41, 5.74) is 0. The molecule has 0 unspecified atom stereocenters. The maximum Gasteiger partial charge on any atom is 0.334 e. The van der Waals surface area contributed by atoms with Crippen LogP contribution in [0.1, 0.15) is 45.4 Å². The Morgan fingerprint density at radius 2 is 1.80 bits per heavy atom. The van der Waals surface area contributed by atoms with E-state index in [1.54, 1.807) is 0 Å². The molecule has 0 bridgehead atoms. The lowest BCUT2D eigenvalue weighted by atomic mass is 9.82. The zero-order valence-electron chi connectivity index (χ0n) is 12.9. The van der Waals surface area contributed by atoms with E-state index in [0.717, 1.165) is 37.8 Å². The van der Waals surface area contributed by atoms with Gasteiger partial charge >= 0.3 is 5.97 Å². The van der Waals surface area contributed by atoms with Gasteiger partial charge in [0.25, 0.3) is 0 Å². The molecule has 1 saturated carbocycles. The number of methoxy groups -OCH3 is 1. The van der Waals surface area contributed by atoms with Gasteiger partial charge in [-0.05, 0) is 56.5 Å². The van der Waals surface area contributed by atoms with E-state index in [9.17, 15) is 9.90 Å². The van der Waals surface area contributed by atoms with Gasteiger partial charge in [-0.25, -0.2) is 4.79 Å². The van der Waals surface area contributed by atoms with Crippen molar-refractivity contribution in [1.29, 1.82) is 0 Å². The fourth-order valence-electron chi connectivity index (χ4n) is 3.64. The third kappa shape index (κ3) is 4.19. The lowest BCUT2D eigenvalue weighted by Gasteiger charge is -2.37. The standard InChI is InChI=1S/C16H29NO3/c1-12-3-5-13(6-4-12)11-17-9-7-14(8-10-17)15(18)16(19)20-2/h12-15,18H,3-11H2,1-2H3/t12?,13?,15-/m0/s1. The largest absolute Gasteiger partial charge is 0.467 e. The Hall–Kier alpha value is -0.610. The van der Waals surface area contributed by atoms with E-state index in [4.69, 9.17) is 0 Å². The first-order chi connectivity index (χ1) is 9.60. The monoisotopic (exact) mass is 283 g/mol. The summed E-state index contributed by atoms with van der Waals surface area (Å²) >= 11 is 0. The average molecular weight is 283 g/mol. The van der Waals surface area contributed by atoms with Crippen LogP contribution in [0.25, 0.3) is 0 Å². The lowest BCUT2D eigenvalue weighted by molar-refractivity contribution is -0.154. The fourth-order valence-corrected chi connectivity index (χ4v) is 3.64. The lowest BCUT2D eigenvalue weighted by Crippen LogP contribution is -2.42. The summed E-state index contributed by atoms with van der Waals surface area (Å²) in [7, 11) is 1.34. The van der Waals surface area contributed by atoms with Crippen LogP contribution >= 0.6 is 0 Å². The predicted octanol–water partition coefficient (Wildman–Crippen LogP) is 2.06. The Bertz CT molecular complexity index is 305. The van der Waals surface area contributed by atoms with E-state index in [2.05, 4.69) is 16.6 Å². The smallest absolute Gasteiger partial charge is 0.334 e. The molecule has 1 aliphatic carbocycles. The summed E-state index contributed by atoms with van der Waals surface area (Å²) < 4.78 is 4.62. The highest BCUT2D eigenvalue weighted by Crippen LogP contribution is 2.30. The second-order valence-electron chi connectivity index (χ2n) is 6.73. The number of hydrogen-bond donors (Lipinski definition) is 1. The molecule has 1 atom stereocenters. The van der Waals surface area contributed by atoms with Crippen molar-refractivity contribution < 1.29 is 14.6 Å². The van der Waals surface area contributed by atoms with Crippen LogP contribution in [0.2, 0.25) is 0 Å². The number of hydrogen-bond acceptors (Lipinski definition) is 4. The molecule has 4 nitrogen and oxygen atoms in total. The molecule has 0 spiro atoms. The molecule has 116 valence electrons. The zero-order chi connectivity index (χ0) is 14.5. The van der Waals surface area contributed by atoms with Gasteiger partial charge in [-0.1, -0.05) is 19.8 Å². The minimum Gasteiger partial charge on any atom is -0.467 e. The van der Waals surface area contributed by atoms with Gasteiger partial charge in [0.2, 0.25) is 0 Å². The minimum atomic E-state index is -0.933. The van der Waals surface area contributed by atoms with Gasteiger partial charge in [-0.15, -0.1) is 0 Å². The van der Waals surface area contributed by atoms with Crippen molar-refractivity contribution >= 4 is 5.97 Å². The molecule has 0 radical (unpaired) electrons. The number of nitrogens with zero attached hydrogens (tertiary/aromatic N) is 1. The third-order valence-corrected chi connectivity index (χ3v) is 5.17. The van der Waals surface area contributed by atoms with Gasteiger partial charge in [0.05, 0.1) is 7.11 Å². The molecule has 0 aromatic carbocycles. The van der Waals surface area contributed by atoms with E-state index >= 15 is 0 Å². The van der Waals surface area contributed by atoms with E-state index in [1.807, 2.05) is 0 Å². The van der Waals surface area contributed by atoms with E-state index in [1.165, 1.54) is 39.3 Å². The molecule has 1 N–H and O–H groups in total. The molecule has 4 heteroatoms. The summed E-state index contributed by atoms with van der Waals surface area (Å²) in [5.74, 6) is 1.36. The van der Waals surface area contributed by atoms with E-state index in [-0.39, 0.29) is 5.92 Å². The van der Waals surface area contributed by atoms with Gasteiger partial charge in [-0.2, -0.15) is 0 Å². The molecule has 2 aliphatic rings. The molecule has 1 aliphatic heterocycles. The molecule has 0 aromatic rings. The van der Waals surface area contributed by atoms with Crippen LogP contribution in [0.3, 0.4) is 0 Å². The number of carbonyl (C=O) groups excluding carboxylic acids is 1. The molecule has 2 rings (SSSR count). The van der Waals surface area contributed by atoms with Crippen molar-refractivity contribution in [3.63, 3.8) is 0 Å². The Labute approximate surface area is 122 Å². The molecule has 20 heavy (non-hydrogen) atoms. The van der Waals surface area contributed by atoms with Crippen molar-refractivity contribution in [1.82, 2.24) is 4.90 Å². The quantitative estimate of drug-likeness (QED) is 0.802. The van der Waals surface area contributed by atoms with Crippen molar-refractivity contribution in [2.24, 2.45) is 17.8 Å². The summed E-state index contributed by atoms with van der Waals surface area (Å²) in [6, 6.07) is 0. The topological polar surface area (TPSA) is 49.8 Å². The highest BCUT2D eigenvalue weighted by molar-refractivity contribution is 5.74. The van der Waals surface area contributed by atoms with Gasteiger partial charge in [0.1, 0.15) is 0 Å². The van der Waals surface area contributed by atoms with Crippen molar-refractivity contribution in [2.75, 3.05) is 26.7 Å². The number of aliphatic hydroxyl groups is 1. The summed E-state index contributed by atoms with van der Waals surface area (Å²) in [6.07, 6.45) is 6.36. The molecular formula is C16H29NO3. The number of esters is 1. The number of aliphatic hydroxyl groups excluding tert-OH is 1. The molecule has 1 saturated heterocycles. The van der Waals surface area contributed by atoms with Crippen LogP contribution in [-0.2, 0) is 9.53 Å². The van der Waals surface area contributed by atoms with Crippen LogP contribution < -0.4 is 0 Å². The van der Waals surface area contributed by atoms with E-state index < -0.39 is 12.1 Å². The fraction of sp³-hybridized carbons (Fsp3) is 0.938. The summed E-state index contributed by atoms with van der Waals surface area (Å²) in [6.45, 7) is 5.57. The second kappa shape index (κ2) is 7.41. The van der Waals surface area contributed by atoms with Gasteiger partial charge in [0.15, 0.2) is 6.10 Å². The van der Waals surface area contributed by atoms with Gasteiger partial charge in [-0.3, -0.25) is 0 Å². The normalized spacial score (nSPS) is 30.9. The summed E-state index contributed by atoms with van der Waals surface area (Å²) in [4.78, 5) is 13.9. The SMILES string of the molecule is COC(=O)[C@@H](O)C1CCN(CC2CCC(C)CC2)CC1. The van der Waals surface area contributed by atoms with Crippen LogP contribution in [0.5, 0.6) is 0 Å². The van der Waals surface area contributed by atoms with Gasteiger partial charge in [0, 0.05) is 6.54 Å². The molecule has 0 aromatic heterocycles. The highest BCUT2D eigenvalue weighted by Gasteiger charge is 2.31. The molecule has 1 heterocycles. The Kier molecular flexibility index (Phi) is 5.85. The zero-order valence-corrected chi connectivity index (χ0v) is 12.9. The molecule has 2 fully saturated rings. The second-order valence-corrected chi connectivity index (χ2v) is 6.73.